The van der Waals surface area contributed by atoms with Crippen LogP contribution in [0.25, 0.3) is 0 Å². The summed E-state index contributed by atoms with van der Waals surface area (Å²) in [6.45, 7) is 0.678. The van der Waals surface area contributed by atoms with Crippen LogP contribution in [-0.4, -0.2) is 43.2 Å². The molecule has 0 aliphatic rings. The number of hydrogen-bond acceptors (Lipinski definition) is 6. The Hall–Kier alpha value is -2.81. The number of nitro groups is 1. The number of hydrazone groups is 1. The van der Waals surface area contributed by atoms with Gasteiger partial charge >= 0.3 is 0 Å². The van der Waals surface area contributed by atoms with Gasteiger partial charge in [-0.05, 0) is 0 Å². The summed E-state index contributed by atoms with van der Waals surface area (Å²) in [4.78, 5) is 32.8. The fourth-order valence-corrected chi connectivity index (χ4v) is 1.44. The van der Waals surface area contributed by atoms with E-state index in [9.17, 15) is 19.7 Å². The molecule has 1 rings (SSSR count). The van der Waals surface area contributed by atoms with Gasteiger partial charge in [-0.1, -0.05) is 12.1 Å². The first-order valence-corrected chi connectivity index (χ1v) is 6.35. The Morgan fingerprint density at radius 3 is 2.86 bits per heavy atom. The average Bonchev–Trinajstić information content (AvgIpc) is 2.47. The summed E-state index contributed by atoms with van der Waals surface area (Å²) in [6.07, 6.45) is 0.893. The van der Waals surface area contributed by atoms with Crippen LogP contribution in [0.5, 0.6) is 0 Å². The van der Waals surface area contributed by atoms with Crippen molar-refractivity contribution in [1.29, 1.82) is 0 Å². The average molecular weight is 308 g/mol. The predicted octanol–water partition coefficient (Wildman–Crippen LogP) is 0.198. The number of nitrogens with one attached hydrogen (secondary N) is 2. The second-order valence-corrected chi connectivity index (χ2v) is 4.16. The third kappa shape index (κ3) is 6.57. The Kier molecular flexibility index (Phi) is 7.20. The highest BCUT2D eigenvalue weighted by Gasteiger charge is 2.08. The summed E-state index contributed by atoms with van der Waals surface area (Å²) in [6, 6.07) is 5.76. The molecule has 0 atom stereocenters. The van der Waals surface area contributed by atoms with Crippen LogP contribution in [0.4, 0.5) is 5.69 Å². The van der Waals surface area contributed by atoms with Crippen molar-refractivity contribution in [2.75, 3.05) is 20.3 Å². The summed E-state index contributed by atoms with van der Waals surface area (Å²) in [7, 11) is 1.50. The predicted molar refractivity (Wildman–Crippen MR) is 78.3 cm³/mol. The van der Waals surface area contributed by atoms with Crippen molar-refractivity contribution < 1.29 is 19.2 Å². The molecule has 0 spiro atoms. The van der Waals surface area contributed by atoms with Gasteiger partial charge in [-0.15, -0.1) is 0 Å². The molecule has 0 bridgehead atoms. The van der Waals surface area contributed by atoms with Gasteiger partial charge in [-0.3, -0.25) is 19.7 Å². The largest absolute Gasteiger partial charge is 0.383 e. The number of rotatable bonds is 8. The van der Waals surface area contributed by atoms with Gasteiger partial charge in [-0.25, -0.2) is 5.43 Å². The van der Waals surface area contributed by atoms with E-state index in [1.54, 1.807) is 6.07 Å². The Morgan fingerprint density at radius 2 is 2.18 bits per heavy atom. The Morgan fingerprint density at radius 1 is 1.41 bits per heavy atom. The first-order chi connectivity index (χ1) is 10.5. The van der Waals surface area contributed by atoms with E-state index in [2.05, 4.69) is 15.8 Å². The van der Waals surface area contributed by atoms with Gasteiger partial charge in [0.15, 0.2) is 0 Å². The lowest BCUT2D eigenvalue weighted by atomic mass is 10.2. The third-order valence-electron chi connectivity index (χ3n) is 2.43. The smallest absolute Gasteiger partial charge is 0.270 e. The van der Waals surface area contributed by atoms with Crippen LogP contribution in [0.2, 0.25) is 0 Å². The highest BCUT2D eigenvalue weighted by atomic mass is 16.6. The van der Waals surface area contributed by atoms with Crippen LogP contribution in [0.15, 0.2) is 29.4 Å². The quantitative estimate of drug-likeness (QED) is 0.233. The first kappa shape index (κ1) is 17.2. The van der Waals surface area contributed by atoms with E-state index in [1.807, 2.05) is 0 Å². The van der Waals surface area contributed by atoms with E-state index in [4.69, 9.17) is 4.74 Å². The molecule has 0 aliphatic heterocycles. The maximum Gasteiger partial charge on any atom is 0.270 e. The van der Waals surface area contributed by atoms with Gasteiger partial charge in [0.1, 0.15) is 6.42 Å². The molecule has 2 amide bonds. The molecule has 1 aromatic carbocycles. The van der Waals surface area contributed by atoms with Gasteiger partial charge in [0.05, 0.1) is 17.7 Å². The zero-order chi connectivity index (χ0) is 16.4. The third-order valence-corrected chi connectivity index (χ3v) is 2.43. The molecule has 0 heterocycles. The van der Waals surface area contributed by atoms with Crippen molar-refractivity contribution in [1.82, 2.24) is 10.7 Å². The lowest BCUT2D eigenvalue weighted by Gasteiger charge is -2.03. The van der Waals surface area contributed by atoms with E-state index in [1.165, 1.54) is 31.5 Å². The van der Waals surface area contributed by atoms with Gasteiger partial charge < -0.3 is 10.1 Å². The van der Waals surface area contributed by atoms with Crippen molar-refractivity contribution >= 4 is 23.7 Å². The first-order valence-electron chi connectivity index (χ1n) is 6.35. The van der Waals surface area contributed by atoms with E-state index >= 15 is 0 Å². The van der Waals surface area contributed by atoms with Crippen LogP contribution in [0.3, 0.4) is 0 Å². The zero-order valence-corrected chi connectivity index (χ0v) is 11.9. The van der Waals surface area contributed by atoms with E-state index in [-0.39, 0.29) is 12.1 Å². The molecule has 9 nitrogen and oxygen atoms in total. The van der Waals surface area contributed by atoms with Gasteiger partial charge in [-0.2, -0.15) is 5.10 Å². The number of nitro benzene ring substituents is 1. The zero-order valence-electron chi connectivity index (χ0n) is 11.9. The van der Waals surface area contributed by atoms with Crippen LogP contribution in [0, 0.1) is 10.1 Å². The number of ether oxygens (including phenoxy) is 1. The van der Waals surface area contributed by atoms with Crippen molar-refractivity contribution in [2.45, 2.75) is 6.42 Å². The lowest BCUT2D eigenvalue weighted by Crippen LogP contribution is -2.31. The van der Waals surface area contributed by atoms with Crippen molar-refractivity contribution in [3.05, 3.63) is 39.9 Å². The van der Waals surface area contributed by atoms with Crippen LogP contribution in [-0.2, 0) is 14.3 Å². The van der Waals surface area contributed by atoms with Crippen LogP contribution < -0.4 is 10.7 Å². The molecule has 1 aromatic rings. The number of carbonyl (C=O) groups is 2. The number of carbonyl (C=O) groups excluding carboxylic acids is 2. The van der Waals surface area contributed by atoms with Gasteiger partial charge in [0.25, 0.3) is 5.69 Å². The number of nitrogens with zero attached hydrogens (tertiary/aromatic N) is 2. The molecule has 0 unspecified atom stereocenters. The van der Waals surface area contributed by atoms with Crippen LogP contribution >= 0.6 is 0 Å². The molecule has 0 saturated heterocycles. The van der Waals surface area contributed by atoms with Crippen molar-refractivity contribution in [3.8, 4) is 0 Å². The van der Waals surface area contributed by atoms with Crippen molar-refractivity contribution in [3.63, 3.8) is 0 Å². The van der Waals surface area contributed by atoms with Gasteiger partial charge in [0, 0.05) is 31.4 Å². The molecule has 0 aromatic heterocycles. The normalized spacial score (nSPS) is 10.4. The molecule has 0 aliphatic carbocycles. The Labute approximate surface area is 126 Å². The molecular weight excluding hydrogens is 292 g/mol. The number of benzene rings is 1. The summed E-state index contributed by atoms with van der Waals surface area (Å²) in [5, 5.41) is 16.7. The highest BCUT2D eigenvalue weighted by molar-refractivity contribution is 5.97. The van der Waals surface area contributed by atoms with Crippen molar-refractivity contribution in [2.24, 2.45) is 5.10 Å². The SMILES string of the molecule is COCCNC(=O)CC(=O)N/N=C/c1cccc([N+](=O)[O-])c1. The molecule has 0 fully saturated rings. The lowest BCUT2D eigenvalue weighted by molar-refractivity contribution is -0.384. The molecule has 2 N–H and O–H groups in total. The maximum absolute atomic E-state index is 11.4. The summed E-state index contributed by atoms with van der Waals surface area (Å²) in [5.41, 5.74) is 2.55. The topological polar surface area (TPSA) is 123 Å². The second kappa shape index (κ2) is 9.19. The number of hydrogen-bond donors (Lipinski definition) is 2. The molecule has 0 radical (unpaired) electrons. The summed E-state index contributed by atoms with van der Waals surface area (Å²) < 4.78 is 4.75. The Balaban J connectivity index is 2.41. The number of methoxy groups -OCH3 is 1. The van der Waals surface area contributed by atoms with Gasteiger partial charge in [0.2, 0.25) is 11.8 Å². The van der Waals surface area contributed by atoms with E-state index in [0.717, 1.165) is 0 Å². The maximum atomic E-state index is 11.4. The minimum Gasteiger partial charge on any atom is -0.383 e. The summed E-state index contributed by atoms with van der Waals surface area (Å²) in [5.74, 6) is -1.03. The standard InChI is InChI=1S/C13H16N4O5/c1-22-6-5-14-12(18)8-13(19)16-15-9-10-3-2-4-11(7-10)17(20)21/h2-4,7,9H,5-6,8H2,1H3,(H,14,18)(H,16,19)/b15-9+. The number of amides is 2. The fourth-order valence-electron chi connectivity index (χ4n) is 1.44. The summed E-state index contributed by atoms with van der Waals surface area (Å²) >= 11 is 0. The molecule has 118 valence electrons. The van der Waals surface area contributed by atoms with E-state index in [0.29, 0.717) is 18.7 Å². The molecular formula is C13H16N4O5. The number of non-ortho nitro benzene ring substituents is 1. The monoisotopic (exact) mass is 308 g/mol. The molecule has 22 heavy (non-hydrogen) atoms. The highest BCUT2D eigenvalue weighted by Crippen LogP contribution is 2.11. The Bertz CT molecular complexity index is 573. The minimum absolute atomic E-state index is 0.0761. The molecule has 0 saturated carbocycles. The fraction of sp³-hybridized carbons (Fsp3) is 0.308. The second-order valence-electron chi connectivity index (χ2n) is 4.16. The molecule has 9 heteroatoms. The van der Waals surface area contributed by atoms with Crippen LogP contribution in [0.1, 0.15) is 12.0 Å². The minimum atomic E-state index is -0.586. The van der Waals surface area contributed by atoms with E-state index < -0.39 is 16.7 Å².